The Morgan fingerprint density at radius 3 is 2.15 bits per heavy atom. The molecule has 282 valence electrons. The van der Waals surface area contributed by atoms with Gasteiger partial charge in [-0.05, 0) is 113 Å². The summed E-state index contributed by atoms with van der Waals surface area (Å²) >= 11 is 0. The second-order valence-corrected chi connectivity index (χ2v) is 14.9. The highest BCUT2D eigenvalue weighted by atomic mass is 16.5. The first kappa shape index (κ1) is 22.0. The minimum absolute atomic E-state index is 0.0487. The van der Waals surface area contributed by atoms with Crippen LogP contribution in [0.25, 0.3) is 94.9 Å². The van der Waals surface area contributed by atoms with Crippen LogP contribution in [0.3, 0.4) is 0 Å². The highest BCUT2D eigenvalue weighted by Gasteiger charge is 2.37. The zero-order valence-corrected chi connectivity index (χ0v) is 30.9. The lowest BCUT2D eigenvalue weighted by atomic mass is 9.73. The summed E-state index contributed by atoms with van der Waals surface area (Å²) in [4.78, 5) is 13.6. The van der Waals surface area contributed by atoms with Crippen LogP contribution in [0.15, 0.2) is 144 Å². The fraction of sp³-hybridized carbons (Fsp3) is 0.113. The molecule has 0 fully saturated rings. The number of nitrogens with zero attached hydrogens (tertiary/aromatic N) is 4. The SMILES string of the molecule is [2H]C([2H])([2H])c1cc2c(cc1-c1c(C([2H])([2H])[2H])ccc3c1oc1nc4ccccc4n13)C(C([2H])([2H])[2H])(C([2H])([2H])[2H])c1ccc(C([2H])([2H])[2H])c(-c3ccc4c(c3)-c3ccccc3-c3ncncc3-c3ccccc3-4)c1O2. The van der Waals surface area contributed by atoms with Crippen molar-refractivity contribution < 1.29 is 29.7 Å². The number of rotatable bonds is 2. The maximum Gasteiger partial charge on any atom is 0.307 e. The quantitative estimate of drug-likeness (QED) is 0.175. The Hall–Kier alpha value is -7.31. The number of para-hydroxylation sites is 2. The average Bonchev–Trinajstić information content (AvgIpc) is 3.90. The zero-order chi connectivity index (χ0) is 52.2. The first-order chi connectivity index (χ1) is 34.9. The Morgan fingerprint density at radius 1 is 0.593 bits per heavy atom. The molecule has 0 radical (unpaired) electrons. The number of hydrogen-bond acceptors (Lipinski definition) is 5. The summed E-state index contributed by atoms with van der Waals surface area (Å²) in [7, 11) is 0. The smallest absolute Gasteiger partial charge is 0.307 e. The molecule has 59 heavy (non-hydrogen) atoms. The highest BCUT2D eigenvalue weighted by molar-refractivity contribution is 6.03. The van der Waals surface area contributed by atoms with Crippen LogP contribution < -0.4 is 4.74 Å². The molecule has 0 amide bonds. The number of hydrogen-bond donors (Lipinski definition) is 0. The molecule has 0 saturated carbocycles. The van der Waals surface area contributed by atoms with Crippen LogP contribution in [0.1, 0.15) is 62.1 Å². The van der Waals surface area contributed by atoms with Crippen molar-refractivity contribution >= 4 is 28.0 Å². The van der Waals surface area contributed by atoms with Gasteiger partial charge in [0.25, 0.3) is 0 Å². The molecule has 6 heteroatoms. The fourth-order valence-corrected chi connectivity index (χ4v) is 8.98. The van der Waals surface area contributed by atoms with Gasteiger partial charge in [0.2, 0.25) is 0 Å². The van der Waals surface area contributed by atoms with Crippen molar-refractivity contribution in [3.05, 3.63) is 168 Å². The Bertz CT molecular complexity index is 3990. The van der Waals surface area contributed by atoms with E-state index in [0.717, 1.165) is 46.0 Å². The largest absolute Gasteiger partial charge is 0.456 e. The van der Waals surface area contributed by atoms with E-state index >= 15 is 0 Å². The van der Waals surface area contributed by atoms with Crippen LogP contribution in [-0.2, 0) is 5.41 Å². The predicted molar refractivity (Wildman–Crippen MR) is 237 cm³/mol. The van der Waals surface area contributed by atoms with Gasteiger partial charge >= 0.3 is 5.84 Å². The number of imidazole rings is 1. The van der Waals surface area contributed by atoms with Gasteiger partial charge in [0.1, 0.15) is 17.8 Å². The van der Waals surface area contributed by atoms with E-state index in [9.17, 15) is 8.22 Å². The summed E-state index contributed by atoms with van der Waals surface area (Å²) in [6.07, 6.45) is 3.20. The number of ether oxygens (including phenoxy) is 1. The van der Waals surface area contributed by atoms with E-state index in [1.807, 2.05) is 54.6 Å². The van der Waals surface area contributed by atoms with E-state index in [0.29, 0.717) is 33.4 Å². The minimum Gasteiger partial charge on any atom is -0.456 e. The Kier molecular flexibility index (Phi) is 4.51. The summed E-state index contributed by atoms with van der Waals surface area (Å²) in [5.74, 6) is -0.884. The summed E-state index contributed by atoms with van der Waals surface area (Å²) in [5, 5.41) is 0. The van der Waals surface area contributed by atoms with Gasteiger partial charge in [-0.1, -0.05) is 105 Å². The van der Waals surface area contributed by atoms with Gasteiger partial charge in [-0.3, -0.25) is 4.40 Å². The van der Waals surface area contributed by atoms with Crippen LogP contribution >= 0.6 is 0 Å². The van der Waals surface area contributed by atoms with Gasteiger partial charge in [-0.25, -0.2) is 9.97 Å². The van der Waals surface area contributed by atoms with Crippen LogP contribution in [0.5, 0.6) is 11.5 Å². The van der Waals surface area contributed by atoms with Gasteiger partial charge < -0.3 is 9.15 Å². The maximum atomic E-state index is 9.34. The molecular weight excluding hydrogens is 725 g/mol. The van der Waals surface area contributed by atoms with Crippen molar-refractivity contribution in [3.8, 4) is 78.4 Å². The molecule has 1 aliphatic carbocycles. The van der Waals surface area contributed by atoms with Crippen molar-refractivity contribution in [1.82, 2.24) is 19.4 Å². The first-order valence-corrected chi connectivity index (χ1v) is 18.9. The monoisotopic (exact) mass is 777 g/mol. The van der Waals surface area contributed by atoms with Gasteiger partial charge in [-0.2, -0.15) is 4.98 Å². The van der Waals surface area contributed by atoms with Crippen molar-refractivity contribution in [2.75, 3.05) is 0 Å². The van der Waals surface area contributed by atoms with Crippen molar-refractivity contribution in [3.63, 3.8) is 0 Å². The van der Waals surface area contributed by atoms with Crippen LogP contribution in [0.2, 0.25) is 0 Å². The number of aromatic nitrogens is 4. The molecule has 0 spiro atoms. The van der Waals surface area contributed by atoms with E-state index < -0.39 is 67.9 Å². The summed E-state index contributed by atoms with van der Waals surface area (Å²) < 4.78 is 150. The molecule has 12 rings (SSSR count). The van der Waals surface area contributed by atoms with Crippen LogP contribution in [0.4, 0.5) is 0 Å². The summed E-state index contributed by atoms with van der Waals surface area (Å²) in [6, 6.07) is 34.8. The lowest BCUT2D eigenvalue weighted by Crippen LogP contribution is -2.25. The molecule has 0 bridgehead atoms. The van der Waals surface area contributed by atoms with Crippen LogP contribution in [-0.4, -0.2) is 19.4 Å². The number of aryl methyl sites for hydroxylation is 3. The molecule has 0 N–H and O–H groups in total. The summed E-state index contributed by atoms with van der Waals surface area (Å²) in [6.45, 7) is -16.0. The topological polar surface area (TPSA) is 65.5 Å². The van der Waals surface area contributed by atoms with Gasteiger partial charge in [0, 0.05) is 65.6 Å². The third-order valence-electron chi connectivity index (χ3n) is 11.7. The summed E-state index contributed by atoms with van der Waals surface area (Å²) in [5.41, 5.74) is 1.46. The third kappa shape index (κ3) is 4.71. The molecule has 7 aromatic carbocycles. The fourth-order valence-electron chi connectivity index (χ4n) is 8.98. The Morgan fingerprint density at radius 2 is 1.32 bits per heavy atom. The normalized spacial score (nSPS) is 18.3. The molecule has 0 saturated heterocycles. The van der Waals surface area contributed by atoms with Crippen LogP contribution in [0, 0.1) is 20.6 Å². The molecule has 1 aliphatic heterocycles. The van der Waals surface area contributed by atoms with Gasteiger partial charge in [0.15, 0.2) is 5.58 Å². The van der Waals surface area contributed by atoms with Crippen molar-refractivity contribution in [2.24, 2.45) is 0 Å². The molecule has 6 nitrogen and oxygen atoms in total. The van der Waals surface area contributed by atoms with Gasteiger partial charge in [0.05, 0.1) is 22.2 Å². The second-order valence-electron chi connectivity index (χ2n) is 14.9. The van der Waals surface area contributed by atoms with E-state index in [1.54, 1.807) is 47.0 Å². The number of fused-ring (bicyclic) bond motifs is 15. The molecule has 2 aliphatic rings. The maximum absolute atomic E-state index is 9.34. The molecule has 0 unspecified atom stereocenters. The Labute approximate surface area is 362 Å². The predicted octanol–water partition coefficient (Wildman–Crippen LogP) is 13.7. The third-order valence-corrected chi connectivity index (χ3v) is 11.7. The van der Waals surface area contributed by atoms with E-state index in [4.69, 9.17) is 26.5 Å². The van der Waals surface area contributed by atoms with E-state index in [1.165, 1.54) is 24.5 Å². The minimum atomic E-state index is -3.52. The highest BCUT2D eigenvalue weighted by Crippen LogP contribution is 2.55. The standard InChI is InChI=1S/C53H38N4O2/c1-29-18-22-41-50(47(29)32-20-21-36-33-12-6-7-13-34(33)40-27-54-28-55-49(40)37-15-9-8-14-35(37)39(36)25-32)58-46-24-31(3)38(26-42(46)53(41,4)5)48-30(2)19-23-45-51(48)59-52-56-43-16-10-11-17-44(43)57(45)52/h6-28H,1-5H3/i1D3,2D3,3D3,4D3,5D3. The van der Waals surface area contributed by atoms with Crippen molar-refractivity contribution in [1.29, 1.82) is 0 Å². The Balaban J connectivity index is 1.17. The first-order valence-electron chi connectivity index (χ1n) is 26.4. The van der Waals surface area contributed by atoms with Gasteiger partial charge in [-0.15, -0.1) is 0 Å². The lowest BCUT2D eigenvalue weighted by molar-refractivity contribution is 0.419. The molecular formula is C53H38N4O2. The van der Waals surface area contributed by atoms with Crippen molar-refractivity contribution in [2.45, 2.75) is 39.7 Å². The molecule has 10 aromatic rings. The second kappa shape index (κ2) is 12.1. The zero-order valence-electron chi connectivity index (χ0n) is 45.9. The number of oxazole rings is 1. The van der Waals surface area contributed by atoms with E-state index in [2.05, 4.69) is 9.97 Å². The molecule has 3 aromatic heterocycles. The molecule has 4 heterocycles. The lowest BCUT2D eigenvalue weighted by Gasteiger charge is -2.37. The number of benzene rings is 7. The average molecular weight is 778 g/mol. The van der Waals surface area contributed by atoms with E-state index in [-0.39, 0.29) is 44.8 Å². The molecule has 0 atom stereocenters.